The molecule has 0 aliphatic carbocycles. The first-order chi connectivity index (χ1) is 8.72. The molecule has 2 rings (SSSR count). The Bertz CT molecular complexity index is 543. The van der Waals surface area contributed by atoms with E-state index in [9.17, 15) is 4.79 Å². The average molecular weight is 305 g/mol. The summed E-state index contributed by atoms with van der Waals surface area (Å²) in [6.07, 6.45) is 1.62. The zero-order chi connectivity index (χ0) is 13.0. The van der Waals surface area contributed by atoms with E-state index in [0.717, 1.165) is 5.69 Å². The highest BCUT2D eigenvalue weighted by Gasteiger charge is 2.15. The van der Waals surface area contributed by atoms with Crippen LogP contribution in [0.25, 0.3) is 0 Å². The van der Waals surface area contributed by atoms with Gasteiger partial charge in [0.2, 0.25) is 0 Å². The molecule has 0 N–H and O–H groups in total. The summed E-state index contributed by atoms with van der Waals surface area (Å²) < 4.78 is 0.664. The van der Waals surface area contributed by atoms with Crippen molar-refractivity contribution in [3.05, 3.63) is 58.8 Å². The van der Waals surface area contributed by atoms with Gasteiger partial charge in [0.25, 0.3) is 5.91 Å². The number of nitrogens with zero attached hydrogens (tertiary/aromatic N) is 2. The minimum absolute atomic E-state index is 0.0215. The second kappa shape index (κ2) is 5.78. The Kier molecular flexibility index (Phi) is 4.10. The summed E-state index contributed by atoms with van der Waals surface area (Å²) in [6, 6.07) is 13.1. The lowest BCUT2D eigenvalue weighted by Crippen LogP contribution is -2.30. The van der Waals surface area contributed by atoms with Crippen LogP contribution < -0.4 is 4.90 Å². The van der Waals surface area contributed by atoms with Gasteiger partial charge in [0, 0.05) is 24.0 Å². The third kappa shape index (κ3) is 2.76. The van der Waals surface area contributed by atoms with Gasteiger partial charge in [0.05, 0.1) is 0 Å². The number of carbonyl (C=O) groups excluding carboxylic acids is 1. The highest BCUT2D eigenvalue weighted by molar-refractivity contribution is 9.10. The number of hydrogen-bond acceptors (Lipinski definition) is 2. The van der Waals surface area contributed by atoms with Gasteiger partial charge in [-0.05, 0) is 47.1 Å². The first kappa shape index (κ1) is 12.8. The molecule has 0 aliphatic heterocycles. The van der Waals surface area contributed by atoms with Crippen LogP contribution in [0.3, 0.4) is 0 Å². The van der Waals surface area contributed by atoms with E-state index in [1.54, 1.807) is 23.2 Å². The van der Waals surface area contributed by atoms with Crippen LogP contribution in [0.5, 0.6) is 0 Å². The number of aromatic nitrogens is 1. The van der Waals surface area contributed by atoms with E-state index in [1.807, 2.05) is 37.3 Å². The molecule has 1 aromatic carbocycles. The van der Waals surface area contributed by atoms with Crippen molar-refractivity contribution in [3.8, 4) is 0 Å². The SMILES string of the molecule is CCN(C(=O)c1ccnc(Br)c1)c1ccccc1. The molecule has 4 heteroatoms. The highest BCUT2D eigenvalue weighted by atomic mass is 79.9. The first-order valence-corrected chi connectivity index (χ1v) is 6.50. The van der Waals surface area contributed by atoms with E-state index in [4.69, 9.17) is 0 Å². The van der Waals surface area contributed by atoms with Crippen LogP contribution in [0.15, 0.2) is 53.3 Å². The number of anilines is 1. The lowest BCUT2D eigenvalue weighted by molar-refractivity contribution is 0.0988. The van der Waals surface area contributed by atoms with Gasteiger partial charge >= 0.3 is 0 Å². The molecule has 1 heterocycles. The highest BCUT2D eigenvalue weighted by Crippen LogP contribution is 2.17. The molecule has 0 bridgehead atoms. The summed E-state index contributed by atoms with van der Waals surface area (Å²) in [7, 11) is 0. The summed E-state index contributed by atoms with van der Waals surface area (Å²) in [6.45, 7) is 2.59. The summed E-state index contributed by atoms with van der Waals surface area (Å²) in [5, 5.41) is 0. The van der Waals surface area contributed by atoms with E-state index in [2.05, 4.69) is 20.9 Å². The predicted molar refractivity (Wildman–Crippen MR) is 75.7 cm³/mol. The van der Waals surface area contributed by atoms with Crippen LogP contribution in [0.4, 0.5) is 5.69 Å². The van der Waals surface area contributed by atoms with Crippen LogP contribution in [-0.2, 0) is 0 Å². The van der Waals surface area contributed by atoms with E-state index >= 15 is 0 Å². The Morgan fingerprint density at radius 3 is 2.61 bits per heavy atom. The lowest BCUT2D eigenvalue weighted by atomic mass is 10.2. The minimum atomic E-state index is -0.0215. The fourth-order valence-electron chi connectivity index (χ4n) is 1.74. The van der Waals surface area contributed by atoms with Crippen LogP contribution >= 0.6 is 15.9 Å². The third-order valence-electron chi connectivity index (χ3n) is 2.60. The molecule has 0 saturated heterocycles. The minimum Gasteiger partial charge on any atom is -0.309 e. The maximum Gasteiger partial charge on any atom is 0.258 e. The molecule has 0 saturated carbocycles. The van der Waals surface area contributed by atoms with Crippen molar-refractivity contribution >= 4 is 27.5 Å². The predicted octanol–water partition coefficient (Wildman–Crippen LogP) is 3.51. The topological polar surface area (TPSA) is 33.2 Å². The molecule has 1 amide bonds. The summed E-state index contributed by atoms with van der Waals surface area (Å²) in [5.74, 6) is -0.0215. The molecule has 2 aromatic rings. The molecule has 1 aromatic heterocycles. The molecule has 3 nitrogen and oxygen atoms in total. The fourth-order valence-corrected chi connectivity index (χ4v) is 2.11. The first-order valence-electron chi connectivity index (χ1n) is 5.71. The Morgan fingerprint density at radius 1 is 1.28 bits per heavy atom. The number of hydrogen-bond donors (Lipinski definition) is 0. The molecule has 0 atom stereocenters. The van der Waals surface area contributed by atoms with Gasteiger partial charge in [-0.1, -0.05) is 18.2 Å². The Morgan fingerprint density at radius 2 is 2.00 bits per heavy atom. The lowest BCUT2D eigenvalue weighted by Gasteiger charge is -2.21. The van der Waals surface area contributed by atoms with Crippen LogP contribution in [0, 0.1) is 0 Å². The van der Waals surface area contributed by atoms with Gasteiger partial charge < -0.3 is 4.90 Å². The molecular formula is C14H13BrN2O. The standard InChI is InChI=1S/C14H13BrN2O/c1-2-17(12-6-4-3-5-7-12)14(18)11-8-9-16-13(15)10-11/h3-10H,2H2,1H3. The molecule has 18 heavy (non-hydrogen) atoms. The van der Waals surface area contributed by atoms with Crippen molar-refractivity contribution in [1.82, 2.24) is 4.98 Å². The van der Waals surface area contributed by atoms with E-state index in [0.29, 0.717) is 16.7 Å². The van der Waals surface area contributed by atoms with Crippen LogP contribution in [-0.4, -0.2) is 17.4 Å². The van der Waals surface area contributed by atoms with Crippen molar-refractivity contribution in [1.29, 1.82) is 0 Å². The van der Waals surface area contributed by atoms with Gasteiger partial charge in [-0.2, -0.15) is 0 Å². The second-order valence-electron chi connectivity index (χ2n) is 3.75. The zero-order valence-electron chi connectivity index (χ0n) is 10.0. The fraction of sp³-hybridized carbons (Fsp3) is 0.143. The van der Waals surface area contributed by atoms with Crippen LogP contribution in [0.2, 0.25) is 0 Å². The van der Waals surface area contributed by atoms with Gasteiger partial charge in [-0.15, -0.1) is 0 Å². The van der Waals surface area contributed by atoms with Crippen molar-refractivity contribution in [3.63, 3.8) is 0 Å². The Hall–Kier alpha value is -1.68. The maximum absolute atomic E-state index is 12.4. The average Bonchev–Trinajstić information content (AvgIpc) is 2.41. The molecule has 92 valence electrons. The summed E-state index contributed by atoms with van der Waals surface area (Å²) in [4.78, 5) is 18.2. The van der Waals surface area contributed by atoms with E-state index in [-0.39, 0.29) is 5.91 Å². The number of carbonyl (C=O) groups is 1. The van der Waals surface area contributed by atoms with E-state index < -0.39 is 0 Å². The molecule has 0 fully saturated rings. The van der Waals surface area contributed by atoms with Crippen LogP contribution in [0.1, 0.15) is 17.3 Å². The molecule has 0 spiro atoms. The third-order valence-corrected chi connectivity index (χ3v) is 3.04. The normalized spacial score (nSPS) is 10.1. The number of para-hydroxylation sites is 1. The van der Waals surface area contributed by atoms with Crippen molar-refractivity contribution < 1.29 is 4.79 Å². The molecule has 0 aliphatic rings. The Balaban J connectivity index is 2.32. The number of rotatable bonds is 3. The monoisotopic (exact) mass is 304 g/mol. The smallest absolute Gasteiger partial charge is 0.258 e. The van der Waals surface area contributed by atoms with Gasteiger partial charge in [0.1, 0.15) is 4.60 Å². The molecular weight excluding hydrogens is 292 g/mol. The number of halogens is 1. The van der Waals surface area contributed by atoms with Gasteiger partial charge in [0.15, 0.2) is 0 Å². The molecule has 0 unspecified atom stereocenters. The van der Waals surface area contributed by atoms with Crippen molar-refractivity contribution in [2.75, 3.05) is 11.4 Å². The summed E-state index contributed by atoms with van der Waals surface area (Å²) in [5.41, 5.74) is 1.53. The number of pyridine rings is 1. The quantitative estimate of drug-likeness (QED) is 0.813. The van der Waals surface area contributed by atoms with Crippen molar-refractivity contribution in [2.24, 2.45) is 0 Å². The molecule has 0 radical (unpaired) electrons. The number of benzene rings is 1. The van der Waals surface area contributed by atoms with Crippen molar-refractivity contribution in [2.45, 2.75) is 6.92 Å². The number of amides is 1. The van der Waals surface area contributed by atoms with E-state index in [1.165, 1.54) is 0 Å². The van der Waals surface area contributed by atoms with Gasteiger partial charge in [-0.25, -0.2) is 4.98 Å². The zero-order valence-corrected chi connectivity index (χ0v) is 11.6. The largest absolute Gasteiger partial charge is 0.309 e. The van der Waals surface area contributed by atoms with Gasteiger partial charge in [-0.3, -0.25) is 4.79 Å². The second-order valence-corrected chi connectivity index (χ2v) is 4.56. The maximum atomic E-state index is 12.4. The summed E-state index contributed by atoms with van der Waals surface area (Å²) >= 11 is 3.28. The Labute approximate surface area is 115 Å².